The van der Waals surface area contributed by atoms with Crippen molar-refractivity contribution in [2.75, 3.05) is 7.11 Å². The second-order valence-electron chi connectivity index (χ2n) is 5.72. The molecule has 0 aliphatic rings. The summed E-state index contributed by atoms with van der Waals surface area (Å²) in [5.41, 5.74) is 1.08. The fraction of sp³-hybridized carbons (Fsp3) is 0.412. The molecule has 1 atom stereocenters. The van der Waals surface area contributed by atoms with Crippen molar-refractivity contribution >= 4 is 5.91 Å². The topological polar surface area (TPSA) is 76.2 Å². The predicted molar refractivity (Wildman–Crippen MR) is 87.7 cm³/mol. The van der Waals surface area contributed by atoms with E-state index >= 15 is 0 Å². The van der Waals surface area contributed by atoms with Gasteiger partial charge in [-0.15, -0.1) is 0 Å². The van der Waals surface area contributed by atoms with Crippen molar-refractivity contribution in [2.24, 2.45) is 5.92 Å². The number of carbonyl (C=O) groups is 1. The van der Waals surface area contributed by atoms with Crippen molar-refractivity contribution in [1.29, 1.82) is 0 Å². The van der Waals surface area contributed by atoms with Crippen molar-refractivity contribution in [1.82, 2.24) is 15.5 Å². The van der Waals surface area contributed by atoms with Crippen LogP contribution in [0.4, 0.5) is 0 Å². The third-order valence-electron chi connectivity index (χ3n) is 3.67. The summed E-state index contributed by atoms with van der Waals surface area (Å²) in [6.45, 7) is 6.37. The Bertz CT molecular complexity index is 652. The number of aromatic nitrogens is 2. The van der Waals surface area contributed by atoms with Crippen LogP contribution >= 0.6 is 0 Å². The van der Waals surface area contributed by atoms with E-state index in [-0.39, 0.29) is 18.6 Å². The number of hydrogen-bond acceptors (Lipinski definition) is 4. The van der Waals surface area contributed by atoms with Crippen LogP contribution in [0.5, 0.6) is 11.5 Å². The highest BCUT2D eigenvalue weighted by molar-refractivity contribution is 5.92. The number of carbonyl (C=O) groups excluding carboxylic acids is 1. The van der Waals surface area contributed by atoms with Crippen LogP contribution in [0.3, 0.4) is 0 Å². The first-order valence-electron chi connectivity index (χ1n) is 7.62. The van der Waals surface area contributed by atoms with Crippen LogP contribution < -0.4 is 14.8 Å². The first kappa shape index (κ1) is 16.9. The van der Waals surface area contributed by atoms with Gasteiger partial charge < -0.3 is 14.8 Å². The zero-order valence-corrected chi connectivity index (χ0v) is 13.9. The number of benzene rings is 1. The molecule has 6 heteroatoms. The van der Waals surface area contributed by atoms with Crippen molar-refractivity contribution in [2.45, 2.75) is 33.4 Å². The molecule has 6 nitrogen and oxygen atoms in total. The standard InChI is InChI=1S/C17H23N3O3/c1-11(2)12(3)18-17(21)14-9-13(19-20-14)10-23-16-8-6-5-7-15(16)22-4/h5-9,11-12H,10H2,1-4H3,(H,18,21)(H,19,20). The average Bonchev–Trinajstić information content (AvgIpc) is 3.02. The van der Waals surface area contributed by atoms with Gasteiger partial charge in [0.25, 0.3) is 5.91 Å². The van der Waals surface area contributed by atoms with Gasteiger partial charge in [0.05, 0.1) is 12.8 Å². The molecular weight excluding hydrogens is 294 g/mol. The molecular formula is C17H23N3O3. The Labute approximate surface area is 136 Å². The van der Waals surface area contributed by atoms with Gasteiger partial charge in [0.1, 0.15) is 12.3 Å². The normalized spacial score (nSPS) is 12.0. The SMILES string of the molecule is COc1ccccc1OCc1cc(C(=O)NC(C)C(C)C)n[nH]1. The Kier molecular flexibility index (Phi) is 5.62. The molecule has 23 heavy (non-hydrogen) atoms. The molecule has 124 valence electrons. The minimum absolute atomic E-state index is 0.0903. The van der Waals surface area contributed by atoms with Gasteiger partial charge >= 0.3 is 0 Å². The second kappa shape index (κ2) is 7.67. The molecule has 1 unspecified atom stereocenters. The lowest BCUT2D eigenvalue weighted by Gasteiger charge is -2.16. The highest BCUT2D eigenvalue weighted by Crippen LogP contribution is 2.26. The van der Waals surface area contributed by atoms with E-state index in [0.29, 0.717) is 23.1 Å². The summed E-state index contributed by atoms with van der Waals surface area (Å²) in [5.74, 6) is 1.48. The number of aromatic amines is 1. The Morgan fingerprint density at radius 3 is 2.61 bits per heavy atom. The van der Waals surface area contributed by atoms with Gasteiger partial charge in [0.15, 0.2) is 11.5 Å². The maximum Gasteiger partial charge on any atom is 0.271 e. The van der Waals surface area contributed by atoms with Crippen molar-refractivity contribution < 1.29 is 14.3 Å². The molecule has 0 radical (unpaired) electrons. The van der Waals surface area contributed by atoms with Crippen molar-refractivity contribution in [3.63, 3.8) is 0 Å². The molecule has 0 saturated heterocycles. The number of nitrogens with zero attached hydrogens (tertiary/aromatic N) is 1. The fourth-order valence-electron chi connectivity index (χ4n) is 1.89. The Balaban J connectivity index is 1.96. The number of amides is 1. The minimum Gasteiger partial charge on any atom is -0.493 e. The lowest BCUT2D eigenvalue weighted by molar-refractivity contribution is 0.0925. The van der Waals surface area contributed by atoms with Gasteiger partial charge in [-0.1, -0.05) is 26.0 Å². The zero-order valence-electron chi connectivity index (χ0n) is 13.9. The van der Waals surface area contributed by atoms with E-state index in [1.54, 1.807) is 13.2 Å². The van der Waals surface area contributed by atoms with Crippen molar-refractivity contribution in [3.8, 4) is 11.5 Å². The summed E-state index contributed by atoms with van der Waals surface area (Å²) in [7, 11) is 1.59. The lowest BCUT2D eigenvalue weighted by atomic mass is 10.1. The van der Waals surface area contributed by atoms with Crippen molar-refractivity contribution in [3.05, 3.63) is 41.7 Å². The molecule has 1 aromatic carbocycles. The van der Waals surface area contributed by atoms with Crippen LogP contribution in [0, 0.1) is 5.92 Å². The first-order valence-corrected chi connectivity index (χ1v) is 7.62. The number of ether oxygens (including phenoxy) is 2. The van der Waals surface area contributed by atoms with E-state index < -0.39 is 0 Å². The molecule has 2 aromatic rings. The Morgan fingerprint density at radius 1 is 1.26 bits per heavy atom. The van der Waals surface area contributed by atoms with Crippen LogP contribution in [-0.4, -0.2) is 29.3 Å². The van der Waals surface area contributed by atoms with Crippen LogP contribution in [0.1, 0.15) is 37.0 Å². The Hall–Kier alpha value is -2.50. The lowest BCUT2D eigenvalue weighted by Crippen LogP contribution is -2.36. The first-order chi connectivity index (χ1) is 11.0. The minimum atomic E-state index is -0.189. The maximum atomic E-state index is 12.1. The highest BCUT2D eigenvalue weighted by atomic mass is 16.5. The van der Waals surface area contributed by atoms with Gasteiger partial charge in [-0.25, -0.2) is 0 Å². The third kappa shape index (κ3) is 4.48. The number of methoxy groups -OCH3 is 1. The average molecular weight is 317 g/mol. The molecule has 2 N–H and O–H groups in total. The van der Waals surface area contributed by atoms with E-state index in [2.05, 4.69) is 29.4 Å². The summed E-state index contributed by atoms with van der Waals surface area (Å²) in [6.07, 6.45) is 0. The summed E-state index contributed by atoms with van der Waals surface area (Å²) < 4.78 is 10.9. The summed E-state index contributed by atoms with van der Waals surface area (Å²) >= 11 is 0. The predicted octanol–water partition coefficient (Wildman–Crippen LogP) is 2.77. The summed E-state index contributed by atoms with van der Waals surface area (Å²) in [4.78, 5) is 12.1. The zero-order chi connectivity index (χ0) is 16.8. The Morgan fingerprint density at radius 2 is 1.96 bits per heavy atom. The molecule has 0 aliphatic carbocycles. The number of nitrogens with one attached hydrogen (secondary N) is 2. The summed E-state index contributed by atoms with van der Waals surface area (Å²) in [5, 5.41) is 9.77. The molecule has 0 saturated carbocycles. The van der Waals surface area contributed by atoms with Gasteiger partial charge in [-0.05, 0) is 31.0 Å². The van der Waals surface area contributed by atoms with Gasteiger partial charge in [0.2, 0.25) is 0 Å². The van der Waals surface area contributed by atoms with Gasteiger partial charge in [0, 0.05) is 6.04 Å². The number of hydrogen-bond donors (Lipinski definition) is 2. The quantitative estimate of drug-likeness (QED) is 0.823. The van der Waals surface area contributed by atoms with E-state index in [1.165, 1.54) is 0 Å². The number of para-hydroxylation sites is 2. The molecule has 0 bridgehead atoms. The van der Waals surface area contributed by atoms with E-state index in [9.17, 15) is 4.79 Å². The third-order valence-corrected chi connectivity index (χ3v) is 3.67. The molecule has 0 aliphatic heterocycles. The maximum absolute atomic E-state index is 12.1. The number of rotatable bonds is 7. The van der Waals surface area contributed by atoms with Crippen LogP contribution in [0.2, 0.25) is 0 Å². The molecule has 1 aromatic heterocycles. The smallest absolute Gasteiger partial charge is 0.271 e. The number of H-pyrrole nitrogens is 1. The highest BCUT2D eigenvalue weighted by Gasteiger charge is 2.15. The van der Waals surface area contributed by atoms with Crippen LogP contribution in [0.15, 0.2) is 30.3 Å². The molecule has 1 heterocycles. The summed E-state index contributed by atoms with van der Waals surface area (Å²) in [6, 6.07) is 9.18. The van der Waals surface area contributed by atoms with E-state index in [4.69, 9.17) is 9.47 Å². The van der Waals surface area contributed by atoms with Crippen LogP contribution in [0.25, 0.3) is 0 Å². The molecule has 2 rings (SSSR count). The fourth-order valence-corrected chi connectivity index (χ4v) is 1.89. The molecule has 1 amide bonds. The van der Waals surface area contributed by atoms with Gasteiger partial charge in [-0.3, -0.25) is 9.89 Å². The second-order valence-corrected chi connectivity index (χ2v) is 5.72. The largest absolute Gasteiger partial charge is 0.493 e. The molecule has 0 fully saturated rings. The van der Waals surface area contributed by atoms with E-state index in [0.717, 1.165) is 5.69 Å². The van der Waals surface area contributed by atoms with Crippen LogP contribution in [-0.2, 0) is 6.61 Å². The van der Waals surface area contributed by atoms with Gasteiger partial charge in [-0.2, -0.15) is 5.10 Å². The monoisotopic (exact) mass is 317 g/mol. The van der Waals surface area contributed by atoms with E-state index in [1.807, 2.05) is 31.2 Å². The molecule has 0 spiro atoms.